The Morgan fingerprint density at radius 2 is 1.06 bits per heavy atom. The average Bonchev–Trinajstić information content (AvgIpc) is 3.79. The molecular formula is C47H30N2O2. The Balaban J connectivity index is 1.16. The predicted molar refractivity (Wildman–Crippen MR) is 210 cm³/mol. The van der Waals surface area contributed by atoms with Crippen molar-refractivity contribution in [1.29, 1.82) is 0 Å². The third-order valence-electron chi connectivity index (χ3n) is 9.66. The van der Waals surface area contributed by atoms with Crippen LogP contribution in [0.25, 0.3) is 77.5 Å². The van der Waals surface area contributed by atoms with Gasteiger partial charge in [0, 0.05) is 28.4 Å². The van der Waals surface area contributed by atoms with E-state index in [-0.39, 0.29) is 0 Å². The van der Waals surface area contributed by atoms with E-state index in [1.807, 2.05) is 48.5 Å². The van der Waals surface area contributed by atoms with Crippen LogP contribution in [0.2, 0.25) is 0 Å². The predicted octanol–water partition coefficient (Wildman–Crippen LogP) is 13.4. The summed E-state index contributed by atoms with van der Waals surface area (Å²) in [6.45, 7) is 0. The van der Waals surface area contributed by atoms with Crippen LogP contribution in [0.4, 0.5) is 17.1 Å². The lowest BCUT2D eigenvalue weighted by Crippen LogP contribution is -2.10. The van der Waals surface area contributed by atoms with Crippen LogP contribution in [0, 0.1) is 0 Å². The fraction of sp³-hybridized carbons (Fsp3) is 0. The van der Waals surface area contributed by atoms with E-state index in [0.717, 1.165) is 55.6 Å². The molecular weight excluding hydrogens is 625 g/mol. The van der Waals surface area contributed by atoms with Gasteiger partial charge < -0.3 is 13.7 Å². The number of fused-ring (bicyclic) bond motifs is 5. The summed E-state index contributed by atoms with van der Waals surface area (Å²) in [6, 6.07) is 63.6. The molecule has 0 unspecified atom stereocenters. The molecule has 0 radical (unpaired) electrons. The Bertz CT molecular complexity index is 2850. The van der Waals surface area contributed by atoms with E-state index in [1.54, 1.807) is 0 Å². The molecule has 0 saturated carbocycles. The Kier molecular flexibility index (Phi) is 6.78. The van der Waals surface area contributed by atoms with Crippen molar-refractivity contribution >= 4 is 60.9 Å². The summed E-state index contributed by atoms with van der Waals surface area (Å²) < 4.78 is 12.8. The van der Waals surface area contributed by atoms with Gasteiger partial charge in [0.2, 0.25) is 5.89 Å². The first-order chi connectivity index (χ1) is 25.2. The molecule has 0 amide bonds. The largest absolute Gasteiger partial charge is 0.456 e. The first-order valence-corrected chi connectivity index (χ1v) is 17.1. The molecule has 0 saturated heterocycles. The highest BCUT2D eigenvalue weighted by atomic mass is 16.4. The van der Waals surface area contributed by atoms with Gasteiger partial charge >= 0.3 is 0 Å². The topological polar surface area (TPSA) is 42.4 Å². The standard InChI is InChI=1S/C47H30N2O2/c1-3-11-31(12-4-1)33-23-25-38(26-24-33)49(39-18-9-17-36(28-39)37-22-21-32-13-7-8-16-35(32)27-37)42-19-10-20-43-46(42)40-29-41-45(30-44(40)50-43)51-47(48-41)34-14-5-2-6-15-34/h1-30H. The van der Waals surface area contributed by atoms with Crippen LogP contribution in [0.5, 0.6) is 0 Å². The number of anilines is 3. The number of nitrogens with zero attached hydrogens (tertiary/aromatic N) is 2. The molecule has 8 aromatic carbocycles. The fourth-order valence-electron chi connectivity index (χ4n) is 7.17. The summed E-state index contributed by atoms with van der Waals surface area (Å²) in [5.74, 6) is 0.591. The van der Waals surface area contributed by atoms with Gasteiger partial charge in [0.05, 0.1) is 11.1 Å². The molecule has 0 atom stereocenters. The summed E-state index contributed by atoms with van der Waals surface area (Å²) in [4.78, 5) is 7.23. The summed E-state index contributed by atoms with van der Waals surface area (Å²) in [5, 5.41) is 4.45. The van der Waals surface area contributed by atoms with Crippen molar-refractivity contribution in [1.82, 2.24) is 4.98 Å². The number of hydrogen-bond acceptors (Lipinski definition) is 4. The summed E-state index contributed by atoms with van der Waals surface area (Å²) in [7, 11) is 0. The lowest BCUT2D eigenvalue weighted by molar-refractivity contribution is 0.617. The molecule has 10 aromatic rings. The van der Waals surface area contributed by atoms with E-state index in [2.05, 4.69) is 138 Å². The maximum Gasteiger partial charge on any atom is 0.227 e. The van der Waals surface area contributed by atoms with Crippen LogP contribution in [0.15, 0.2) is 191 Å². The van der Waals surface area contributed by atoms with Gasteiger partial charge in [0.1, 0.15) is 16.7 Å². The van der Waals surface area contributed by atoms with Crippen LogP contribution in [-0.2, 0) is 0 Å². The number of aromatic nitrogens is 1. The van der Waals surface area contributed by atoms with Gasteiger partial charge in [-0.15, -0.1) is 0 Å². The Labute approximate surface area is 294 Å². The second-order valence-corrected chi connectivity index (χ2v) is 12.8. The molecule has 4 heteroatoms. The second kappa shape index (κ2) is 11.9. The molecule has 0 aliphatic carbocycles. The fourth-order valence-corrected chi connectivity index (χ4v) is 7.17. The highest BCUT2D eigenvalue weighted by molar-refractivity contribution is 6.15. The van der Waals surface area contributed by atoms with Crippen molar-refractivity contribution in [2.24, 2.45) is 0 Å². The van der Waals surface area contributed by atoms with E-state index in [1.165, 1.54) is 27.5 Å². The first-order valence-electron chi connectivity index (χ1n) is 17.1. The van der Waals surface area contributed by atoms with Crippen molar-refractivity contribution < 1.29 is 8.83 Å². The zero-order chi connectivity index (χ0) is 33.7. The smallest absolute Gasteiger partial charge is 0.227 e. The monoisotopic (exact) mass is 654 g/mol. The SMILES string of the molecule is c1ccc(-c2ccc(N(c3cccc(-c4ccc5ccccc5c4)c3)c3cccc4oc5cc6oc(-c7ccccc7)nc6cc5c34)cc2)cc1. The minimum atomic E-state index is 0.591. The van der Waals surface area contributed by atoms with E-state index in [4.69, 9.17) is 13.8 Å². The minimum Gasteiger partial charge on any atom is -0.456 e. The lowest BCUT2D eigenvalue weighted by Gasteiger charge is -2.27. The third kappa shape index (κ3) is 5.13. The number of hydrogen-bond donors (Lipinski definition) is 0. The maximum atomic E-state index is 6.53. The lowest BCUT2D eigenvalue weighted by atomic mass is 10.00. The van der Waals surface area contributed by atoms with E-state index in [9.17, 15) is 0 Å². The Hall–Kier alpha value is -6.91. The molecule has 240 valence electrons. The van der Waals surface area contributed by atoms with Crippen LogP contribution < -0.4 is 4.90 Å². The molecule has 4 nitrogen and oxygen atoms in total. The van der Waals surface area contributed by atoms with Gasteiger partial charge in [-0.05, 0) is 93.7 Å². The van der Waals surface area contributed by atoms with Crippen molar-refractivity contribution in [3.05, 3.63) is 182 Å². The highest BCUT2D eigenvalue weighted by Crippen LogP contribution is 2.45. The first kappa shape index (κ1) is 29.0. The number of benzene rings is 8. The Morgan fingerprint density at radius 3 is 1.88 bits per heavy atom. The van der Waals surface area contributed by atoms with Gasteiger partial charge in [0.15, 0.2) is 5.58 Å². The number of oxazole rings is 1. The molecule has 0 N–H and O–H groups in total. The molecule has 10 rings (SSSR count). The van der Waals surface area contributed by atoms with Crippen LogP contribution in [0.1, 0.15) is 0 Å². The normalized spacial score (nSPS) is 11.5. The minimum absolute atomic E-state index is 0.591. The third-order valence-corrected chi connectivity index (χ3v) is 9.66. The van der Waals surface area contributed by atoms with Gasteiger partial charge in [0.25, 0.3) is 0 Å². The van der Waals surface area contributed by atoms with Gasteiger partial charge in [-0.1, -0.05) is 115 Å². The second-order valence-electron chi connectivity index (χ2n) is 12.8. The zero-order valence-corrected chi connectivity index (χ0v) is 27.5. The van der Waals surface area contributed by atoms with Gasteiger partial charge in [-0.25, -0.2) is 4.98 Å². The Morgan fingerprint density at radius 1 is 0.392 bits per heavy atom. The highest BCUT2D eigenvalue weighted by Gasteiger charge is 2.21. The summed E-state index contributed by atoms with van der Waals surface area (Å²) in [5.41, 5.74) is 11.7. The molecule has 0 bridgehead atoms. The zero-order valence-electron chi connectivity index (χ0n) is 27.5. The van der Waals surface area contributed by atoms with Crippen molar-refractivity contribution in [2.75, 3.05) is 4.90 Å². The summed E-state index contributed by atoms with van der Waals surface area (Å²) >= 11 is 0. The van der Waals surface area contributed by atoms with Crippen LogP contribution >= 0.6 is 0 Å². The maximum absolute atomic E-state index is 6.53. The van der Waals surface area contributed by atoms with Crippen LogP contribution in [-0.4, -0.2) is 4.98 Å². The van der Waals surface area contributed by atoms with E-state index >= 15 is 0 Å². The van der Waals surface area contributed by atoms with Gasteiger partial charge in [-0.3, -0.25) is 0 Å². The molecule has 0 spiro atoms. The van der Waals surface area contributed by atoms with Crippen molar-refractivity contribution in [3.63, 3.8) is 0 Å². The quantitative estimate of drug-likeness (QED) is 0.179. The molecule has 0 aliphatic rings. The number of rotatable bonds is 6. The molecule has 2 heterocycles. The molecule has 2 aromatic heterocycles. The van der Waals surface area contributed by atoms with Crippen molar-refractivity contribution in [2.45, 2.75) is 0 Å². The van der Waals surface area contributed by atoms with Crippen molar-refractivity contribution in [3.8, 4) is 33.7 Å². The molecule has 0 fully saturated rings. The summed E-state index contributed by atoms with van der Waals surface area (Å²) in [6.07, 6.45) is 0. The molecule has 0 aliphatic heterocycles. The molecule has 51 heavy (non-hydrogen) atoms. The van der Waals surface area contributed by atoms with Crippen LogP contribution in [0.3, 0.4) is 0 Å². The van der Waals surface area contributed by atoms with E-state index in [0.29, 0.717) is 11.5 Å². The number of furan rings is 1. The van der Waals surface area contributed by atoms with Gasteiger partial charge in [-0.2, -0.15) is 0 Å². The average molecular weight is 655 g/mol. The van der Waals surface area contributed by atoms with E-state index < -0.39 is 0 Å².